The van der Waals surface area contributed by atoms with Crippen molar-refractivity contribution in [1.82, 2.24) is 4.57 Å². The van der Waals surface area contributed by atoms with Gasteiger partial charge in [-0.25, -0.2) is 4.39 Å². The second-order valence-electron chi connectivity index (χ2n) is 7.69. The predicted octanol–water partition coefficient (Wildman–Crippen LogP) is 5.22. The number of anilines is 1. The molecule has 0 spiro atoms. The zero-order chi connectivity index (χ0) is 22.5. The number of amides is 1. The molecule has 0 radical (unpaired) electrons. The van der Waals surface area contributed by atoms with Gasteiger partial charge in [-0.05, 0) is 49.8 Å². The molecule has 3 rings (SSSR count). The molecule has 0 aliphatic heterocycles. The highest BCUT2D eigenvalue weighted by Gasteiger charge is 2.23. The summed E-state index contributed by atoms with van der Waals surface area (Å²) in [5, 5.41) is 2.91. The van der Waals surface area contributed by atoms with E-state index < -0.39 is 17.2 Å². The molecule has 0 bridgehead atoms. The predicted molar refractivity (Wildman–Crippen MR) is 123 cm³/mol. The molecule has 4 nitrogen and oxygen atoms in total. The molecule has 0 aliphatic rings. The Morgan fingerprint density at radius 2 is 1.55 bits per heavy atom. The topological polar surface area (TPSA) is 51.1 Å². The molecule has 0 saturated carbocycles. The van der Waals surface area contributed by atoms with Crippen molar-refractivity contribution in [1.29, 1.82) is 0 Å². The van der Waals surface area contributed by atoms with E-state index in [1.807, 2.05) is 62.4 Å². The van der Waals surface area contributed by atoms with E-state index in [4.69, 9.17) is 0 Å². The SMILES string of the molecule is CCc1cccc(CC)c1NC(=O)c1c(C)n(CCc2ccccc2)c(C)c(F)c1=O. The zero-order valence-corrected chi connectivity index (χ0v) is 18.6. The summed E-state index contributed by atoms with van der Waals surface area (Å²) in [6.07, 6.45) is 2.16. The lowest BCUT2D eigenvalue weighted by Gasteiger charge is -2.19. The summed E-state index contributed by atoms with van der Waals surface area (Å²) in [5.74, 6) is -1.44. The maximum atomic E-state index is 14.8. The molecular weight excluding hydrogens is 391 g/mol. The molecule has 0 aliphatic carbocycles. The maximum absolute atomic E-state index is 14.8. The van der Waals surface area contributed by atoms with Crippen LogP contribution in [-0.2, 0) is 25.8 Å². The van der Waals surface area contributed by atoms with Gasteiger partial charge in [-0.2, -0.15) is 0 Å². The maximum Gasteiger partial charge on any atom is 0.261 e. The molecule has 1 aromatic heterocycles. The lowest BCUT2D eigenvalue weighted by atomic mass is 10.0. The van der Waals surface area contributed by atoms with E-state index in [0.717, 1.165) is 29.5 Å². The van der Waals surface area contributed by atoms with Crippen LogP contribution in [-0.4, -0.2) is 10.5 Å². The smallest absolute Gasteiger partial charge is 0.261 e. The van der Waals surface area contributed by atoms with Crippen molar-refractivity contribution in [2.45, 2.75) is 53.5 Å². The molecule has 0 atom stereocenters. The number of hydrogen-bond donors (Lipinski definition) is 1. The number of nitrogens with zero attached hydrogens (tertiary/aromatic N) is 1. The fraction of sp³-hybridized carbons (Fsp3) is 0.308. The molecule has 0 saturated heterocycles. The first-order valence-electron chi connectivity index (χ1n) is 10.7. The molecule has 2 aromatic carbocycles. The van der Waals surface area contributed by atoms with E-state index in [0.29, 0.717) is 24.3 Å². The van der Waals surface area contributed by atoms with Gasteiger partial charge in [0.2, 0.25) is 5.43 Å². The van der Waals surface area contributed by atoms with Crippen LogP contribution >= 0.6 is 0 Å². The van der Waals surface area contributed by atoms with Crippen LogP contribution in [0.2, 0.25) is 0 Å². The van der Waals surface area contributed by atoms with Crippen LogP contribution in [0.25, 0.3) is 0 Å². The number of carbonyl (C=O) groups is 1. The molecule has 1 amide bonds. The third-order valence-electron chi connectivity index (χ3n) is 5.85. The minimum Gasteiger partial charge on any atom is -0.345 e. The number of pyridine rings is 1. The van der Waals surface area contributed by atoms with Crippen molar-refractivity contribution in [3.63, 3.8) is 0 Å². The summed E-state index contributed by atoms with van der Waals surface area (Å²) in [4.78, 5) is 25.9. The third-order valence-corrected chi connectivity index (χ3v) is 5.85. The van der Waals surface area contributed by atoms with Gasteiger partial charge in [0, 0.05) is 17.9 Å². The van der Waals surface area contributed by atoms with Gasteiger partial charge in [0.15, 0.2) is 5.82 Å². The summed E-state index contributed by atoms with van der Waals surface area (Å²) < 4.78 is 16.6. The Kier molecular flexibility index (Phi) is 7.06. The van der Waals surface area contributed by atoms with Gasteiger partial charge in [-0.1, -0.05) is 62.4 Å². The lowest BCUT2D eigenvalue weighted by Crippen LogP contribution is -2.30. The first-order valence-corrected chi connectivity index (χ1v) is 10.7. The van der Waals surface area contributed by atoms with Crippen LogP contribution in [0.15, 0.2) is 53.3 Å². The molecule has 31 heavy (non-hydrogen) atoms. The standard InChI is InChI=1S/C26H29FN2O2/c1-5-20-13-10-14-21(6-2)24(20)28-26(31)22-17(3)29(18(4)23(27)25(22)30)16-15-19-11-8-7-9-12-19/h7-14H,5-6,15-16H2,1-4H3,(H,28,31). The van der Waals surface area contributed by atoms with E-state index >= 15 is 0 Å². The number of nitrogens with one attached hydrogen (secondary N) is 1. The van der Waals surface area contributed by atoms with Crippen LogP contribution in [0.5, 0.6) is 0 Å². The van der Waals surface area contributed by atoms with Gasteiger partial charge in [0.05, 0.1) is 5.69 Å². The highest BCUT2D eigenvalue weighted by Crippen LogP contribution is 2.24. The van der Waals surface area contributed by atoms with Crippen molar-refractivity contribution in [3.05, 3.63) is 98.2 Å². The van der Waals surface area contributed by atoms with Crippen LogP contribution in [0, 0.1) is 19.7 Å². The monoisotopic (exact) mass is 420 g/mol. The van der Waals surface area contributed by atoms with Crippen LogP contribution in [0.4, 0.5) is 10.1 Å². The molecule has 1 N–H and O–H groups in total. The van der Waals surface area contributed by atoms with Gasteiger partial charge in [0.25, 0.3) is 5.91 Å². The van der Waals surface area contributed by atoms with Gasteiger partial charge in [-0.15, -0.1) is 0 Å². The zero-order valence-electron chi connectivity index (χ0n) is 18.6. The Morgan fingerprint density at radius 3 is 2.13 bits per heavy atom. The molecule has 0 fully saturated rings. The number of carbonyl (C=O) groups excluding carboxylic acids is 1. The third kappa shape index (κ3) is 4.61. The number of rotatable bonds is 7. The fourth-order valence-electron chi connectivity index (χ4n) is 4.01. The summed E-state index contributed by atoms with van der Waals surface area (Å²) in [6, 6.07) is 15.7. The van der Waals surface area contributed by atoms with Crippen LogP contribution in [0.1, 0.15) is 52.3 Å². The van der Waals surface area contributed by atoms with Crippen molar-refractivity contribution in [2.75, 3.05) is 5.32 Å². The van der Waals surface area contributed by atoms with E-state index in [1.54, 1.807) is 18.4 Å². The van der Waals surface area contributed by atoms with E-state index in [9.17, 15) is 14.0 Å². The Bertz CT molecular complexity index is 1130. The first kappa shape index (κ1) is 22.5. The number of para-hydroxylation sites is 1. The molecule has 3 aromatic rings. The number of halogens is 1. The Hall–Kier alpha value is -3.21. The molecule has 1 heterocycles. The minimum absolute atomic E-state index is 0.135. The van der Waals surface area contributed by atoms with E-state index in [2.05, 4.69) is 5.32 Å². The van der Waals surface area contributed by atoms with Gasteiger partial charge < -0.3 is 9.88 Å². The first-order chi connectivity index (χ1) is 14.9. The Labute approximate surface area is 182 Å². The minimum atomic E-state index is -0.872. The fourth-order valence-corrected chi connectivity index (χ4v) is 4.01. The lowest BCUT2D eigenvalue weighted by molar-refractivity contribution is 0.102. The number of aromatic nitrogens is 1. The normalized spacial score (nSPS) is 10.9. The number of aryl methyl sites for hydroxylation is 3. The summed E-state index contributed by atoms with van der Waals surface area (Å²) in [5.41, 5.74) is 3.54. The molecular formula is C26H29FN2O2. The second-order valence-corrected chi connectivity index (χ2v) is 7.69. The number of benzene rings is 2. The highest BCUT2D eigenvalue weighted by molar-refractivity contribution is 6.05. The number of hydrogen-bond acceptors (Lipinski definition) is 2. The van der Waals surface area contributed by atoms with Crippen LogP contribution < -0.4 is 10.7 Å². The van der Waals surface area contributed by atoms with Gasteiger partial charge in [0.1, 0.15) is 5.56 Å². The molecule has 0 unspecified atom stereocenters. The van der Waals surface area contributed by atoms with Crippen molar-refractivity contribution in [3.8, 4) is 0 Å². The van der Waals surface area contributed by atoms with Crippen LogP contribution in [0.3, 0.4) is 0 Å². The van der Waals surface area contributed by atoms with E-state index in [-0.39, 0.29) is 11.3 Å². The Balaban J connectivity index is 2.00. The molecule has 162 valence electrons. The van der Waals surface area contributed by atoms with Crippen molar-refractivity contribution >= 4 is 11.6 Å². The summed E-state index contributed by atoms with van der Waals surface area (Å²) in [7, 11) is 0. The van der Waals surface area contributed by atoms with E-state index in [1.165, 1.54) is 0 Å². The average molecular weight is 421 g/mol. The largest absolute Gasteiger partial charge is 0.345 e. The molecule has 5 heteroatoms. The second kappa shape index (κ2) is 9.73. The quantitative estimate of drug-likeness (QED) is 0.569. The summed E-state index contributed by atoms with van der Waals surface area (Å²) >= 11 is 0. The van der Waals surface area contributed by atoms with Gasteiger partial charge in [-0.3, -0.25) is 9.59 Å². The van der Waals surface area contributed by atoms with Crippen molar-refractivity contribution in [2.24, 2.45) is 0 Å². The van der Waals surface area contributed by atoms with Gasteiger partial charge >= 0.3 is 0 Å². The average Bonchev–Trinajstić information content (AvgIpc) is 2.78. The van der Waals surface area contributed by atoms with Crippen molar-refractivity contribution < 1.29 is 9.18 Å². The summed E-state index contributed by atoms with van der Waals surface area (Å²) in [6.45, 7) is 7.79. The Morgan fingerprint density at radius 1 is 0.935 bits per heavy atom. The highest BCUT2D eigenvalue weighted by atomic mass is 19.1.